The summed E-state index contributed by atoms with van der Waals surface area (Å²) in [5.41, 5.74) is 5.72. The van der Waals surface area contributed by atoms with Crippen LogP contribution in [-0.4, -0.2) is 52.2 Å². The normalized spacial score (nSPS) is 20.2. The molecule has 1 saturated heterocycles. The van der Waals surface area contributed by atoms with E-state index in [0.29, 0.717) is 0 Å². The molecule has 0 amide bonds. The second-order valence-corrected chi connectivity index (χ2v) is 10.3. The van der Waals surface area contributed by atoms with Crippen LogP contribution in [0.3, 0.4) is 0 Å². The van der Waals surface area contributed by atoms with E-state index in [1.165, 1.54) is 11.1 Å². The number of rotatable bonds is 4. The largest absolute Gasteiger partial charge is 0.377 e. The van der Waals surface area contributed by atoms with Crippen LogP contribution >= 0.6 is 0 Å². The third kappa shape index (κ3) is 3.91. The first-order valence-electron chi connectivity index (χ1n) is 12.6. The van der Waals surface area contributed by atoms with E-state index in [2.05, 4.69) is 90.2 Å². The number of fused-ring (bicyclic) bond motifs is 2. The molecule has 0 radical (unpaired) electrons. The van der Waals surface area contributed by atoms with E-state index in [1.54, 1.807) is 0 Å². The van der Waals surface area contributed by atoms with Gasteiger partial charge in [-0.2, -0.15) is 0 Å². The number of ether oxygens (including phenoxy) is 1. The molecule has 1 atom stereocenters. The SMILES string of the molecule is CC1COCCN1c1nc(-c2cccc3[nH]ccc23)nc2c1CCN(Cc1ccccc1)C2(C)C. The lowest BCUT2D eigenvalue weighted by Crippen LogP contribution is -2.49. The molecule has 1 fully saturated rings. The second kappa shape index (κ2) is 8.77. The van der Waals surface area contributed by atoms with Gasteiger partial charge in [-0.3, -0.25) is 4.90 Å². The molecule has 6 heteroatoms. The van der Waals surface area contributed by atoms with Crippen LogP contribution in [0.5, 0.6) is 0 Å². The molecule has 0 saturated carbocycles. The van der Waals surface area contributed by atoms with Crippen molar-refractivity contribution in [1.82, 2.24) is 19.9 Å². The smallest absolute Gasteiger partial charge is 0.162 e. The minimum absolute atomic E-state index is 0.225. The maximum Gasteiger partial charge on any atom is 0.162 e. The van der Waals surface area contributed by atoms with Crippen LogP contribution in [0.2, 0.25) is 0 Å². The van der Waals surface area contributed by atoms with Crippen molar-refractivity contribution in [3.8, 4) is 11.4 Å². The number of hydrogen-bond acceptors (Lipinski definition) is 5. The highest BCUT2D eigenvalue weighted by Gasteiger charge is 2.39. The molecule has 180 valence electrons. The summed E-state index contributed by atoms with van der Waals surface area (Å²) in [7, 11) is 0. The first-order valence-corrected chi connectivity index (χ1v) is 12.6. The maximum absolute atomic E-state index is 5.77. The van der Waals surface area contributed by atoms with Crippen molar-refractivity contribution in [3.63, 3.8) is 0 Å². The zero-order chi connectivity index (χ0) is 24.0. The van der Waals surface area contributed by atoms with E-state index in [9.17, 15) is 0 Å². The van der Waals surface area contributed by atoms with Crippen LogP contribution < -0.4 is 4.90 Å². The molecule has 6 nitrogen and oxygen atoms in total. The molecular weight excluding hydrogens is 434 g/mol. The van der Waals surface area contributed by atoms with Crippen molar-refractivity contribution in [3.05, 3.63) is 77.6 Å². The first-order chi connectivity index (χ1) is 17.0. The highest BCUT2D eigenvalue weighted by molar-refractivity contribution is 5.93. The number of anilines is 1. The monoisotopic (exact) mass is 467 g/mol. The Morgan fingerprint density at radius 2 is 1.89 bits per heavy atom. The summed E-state index contributed by atoms with van der Waals surface area (Å²) in [6, 6.07) is 19.5. The number of morpholine rings is 1. The zero-order valence-corrected chi connectivity index (χ0v) is 20.8. The van der Waals surface area contributed by atoms with E-state index >= 15 is 0 Å². The number of aromatic nitrogens is 3. The minimum atomic E-state index is -0.225. The van der Waals surface area contributed by atoms with Crippen LogP contribution in [0.25, 0.3) is 22.3 Å². The van der Waals surface area contributed by atoms with E-state index in [1.807, 2.05) is 6.20 Å². The van der Waals surface area contributed by atoms with E-state index < -0.39 is 0 Å². The molecule has 2 aromatic heterocycles. The number of H-pyrrole nitrogens is 1. The van der Waals surface area contributed by atoms with Gasteiger partial charge in [-0.05, 0) is 44.9 Å². The molecule has 1 N–H and O–H groups in total. The van der Waals surface area contributed by atoms with Gasteiger partial charge in [-0.25, -0.2) is 9.97 Å². The maximum atomic E-state index is 5.77. The van der Waals surface area contributed by atoms with E-state index in [0.717, 1.165) is 73.1 Å². The second-order valence-electron chi connectivity index (χ2n) is 10.3. The summed E-state index contributed by atoms with van der Waals surface area (Å²) in [6.07, 6.45) is 2.93. The predicted molar refractivity (Wildman–Crippen MR) is 141 cm³/mol. The van der Waals surface area contributed by atoms with Gasteiger partial charge < -0.3 is 14.6 Å². The van der Waals surface area contributed by atoms with Crippen molar-refractivity contribution in [2.75, 3.05) is 31.2 Å². The topological polar surface area (TPSA) is 57.3 Å². The van der Waals surface area contributed by atoms with Crippen molar-refractivity contribution >= 4 is 16.7 Å². The van der Waals surface area contributed by atoms with Crippen LogP contribution in [0.4, 0.5) is 5.82 Å². The van der Waals surface area contributed by atoms with Crippen LogP contribution in [0, 0.1) is 0 Å². The fourth-order valence-corrected chi connectivity index (χ4v) is 5.65. The highest BCUT2D eigenvalue weighted by atomic mass is 16.5. The molecule has 2 aromatic carbocycles. The average Bonchev–Trinajstić information content (AvgIpc) is 3.36. The standard InChI is InChI=1S/C29H33N5O/c1-20-19-35-17-16-34(20)28-24-13-15-33(18-21-8-5-4-6-9-21)29(2,3)26(24)31-27(32-28)23-10-7-11-25-22(23)12-14-30-25/h4-12,14,20,30H,13,15-19H2,1-3H3. The van der Waals surface area contributed by atoms with Gasteiger partial charge in [0.2, 0.25) is 0 Å². The summed E-state index contributed by atoms with van der Waals surface area (Å²) in [5.74, 6) is 1.89. The summed E-state index contributed by atoms with van der Waals surface area (Å²) in [4.78, 5) is 18.9. The third-order valence-corrected chi connectivity index (χ3v) is 7.68. The highest BCUT2D eigenvalue weighted by Crippen LogP contribution is 2.41. The fourth-order valence-electron chi connectivity index (χ4n) is 5.65. The molecule has 2 aliphatic heterocycles. The third-order valence-electron chi connectivity index (χ3n) is 7.68. The number of nitrogens with zero attached hydrogens (tertiary/aromatic N) is 4. The van der Waals surface area contributed by atoms with Gasteiger partial charge in [0.15, 0.2) is 5.82 Å². The average molecular weight is 468 g/mol. The molecule has 0 bridgehead atoms. The van der Waals surface area contributed by atoms with Crippen molar-refractivity contribution < 1.29 is 4.74 Å². The van der Waals surface area contributed by atoms with Crippen molar-refractivity contribution in [1.29, 1.82) is 0 Å². The Morgan fingerprint density at radius 3 is 2.71 bits per heavy atom. The number of hydrogen-bond donors (Lipinski definition) is 1. The van der Waals surface area contributed by atoms with Crippen LogP contribution in [0.1, 0.15) is 37.6 Å². The van der Waals surface area contributed by atoms with E-state index in [-0.39, 0.29) is 11.6 Å². The minimum Gasteiger partial charge on any atom is -0.377 e. The Labute approximate surface area is 207 Å². The Balaban J connectivity index is 1.51. The van der Waals surface area contributed by atoms with Gasteiger partial charge in [0, 0.05) is 47.9 Å². The van der Waals surface area contributed by atoms with E-state index in [4.69, 9.17) is 14.7 Å². The van der Waals surface area contributed by atoms with Gasteiger partial charge in [-0.15, -0.1) is 0 Å². The molecule has 1 unspecified atom stereocenters. The van der Waals surface area contributed by atoms with Gasteiger partial charge in [0.25, 0.3) is 0 Å². The molecule has 0 spiro atoms. The quantitative estimate of drug-likeness (QED) is 0.450. The lowest BCUT2D eigenvalue weighted by atomic mass is 9.86. The predicted octanol–water partition coefficient (Wildman–Crippen LogP) is 5.14. The summed E-state index contributed by atoms with van der Waals surface area (Å²) in [6.45, 7) is 11.1. The number of aromatic amines is 1. The van der Waals surface area contributed by atoms with Crippen molar-refractivity contribution in [2.45, 2.75) is 45.3 Å². The molecular formula is C29H33N5O. The fraction of sp³-hybridized carbons (Fsp3) is 0.379. The number of benzene rings is 2. The lowest BCUT2D eigenvalue weighted by Gasteiger charge is -2.45. The summed E-state index contributed by atoms with van der Waals surface area (Å²) >= 11 is 0. The first kappa shape index (κ1) is 22.3. The molecule has 2 aliphatic rings. The lowest BCUT2D eigenvalue weighted by molar-refractivity contribution is 0.0909. The van der Waals surface area contributed by atoms with Crippen LogP contribution in [-0.2, 0) is 23.2 Å². The number of nitrogens with one attached hydrogen (secondary N) is 1. The van der Waals surface area contributed by atoms with Gasteiger partial charge in [0.05, 0.1) is 30.5 Å². The Kier molecular flexibility index (Phi) is 5.58. The Hall–Kier alpha value is -3.22. The van der Waals surface area contributed by atoms with Gasteiger partial charge in [-0.1, -0.05) is 42.5 Å². The molecule has 35 heavy (non-hydrogen) atoms. The molecule has 0 aliphatic carbocycles. The van der Waals surface area contributed by atoms with Gasteiger partial charge in [0.1, 0.15) is 5.82 Å². The van der Waals surface area contributed by atoms with Crippen molar-refractivity contribution in [2.24, 2.45) is 0 Å². The Morgan fingerprint density at radius 1 is 1.03 bits per heavy atom. The Bertz CT molecular complexity index is 1350. The summed E-state index contributed by atoms with van der Waals surface area (Å²) < 4.78 is 5.77. The molecule has 4 aromatic rings. The van der Waals surface area contributed by atoms with Gasteiger partial charge >= 0.3 is 0 Å². The summed E-state index contributed by atoms with van der Waals surface area (Å²) in [5, 5.41) is 1.16. The zero-order valence-electron chi connectivity index (χ0n) is 20.8. The molecule has 4 heterocycles. The van der Waals surface area contributed by atoms with Crippen LogP contribution in [0.15, 0.2) is 60.8 Å². The molecule has 6 rings (SSSR count).